The lowest BCUT2D eigenvalue weighted by Gasteiger charge is -1.95. The summed E-state index contributed by atoms with van der Waals surface area (Å²) in [4.78, 5) is 30.9. The van der Waals surface area contributed by atoms with Gasteiger partial charge in [-0.15, -0.1) is 11.3 Å². The van der Waals surface area contributed by atoms with Crippen LogP contribution in [0, 0.1) is 6.92 Å². The third-order valence-electron chi connectivity index (χ3n) is 3.25. The smallest absolute Gasteiger partial charge is 0.346 e. The second-order valence-electron chi connectivity index (χ2n) is 4.74. The summed E-state index contributed by atoms with van der Waals surface area (Å²) in [6.07, 6.45) is 3.54. The van der Waals surface area contributed by atoms with Crippen molar-refractivity contribution in [1.82, 2.24) is 9.97 Å². The maximum Gasteiger partial charge on any atom is 0.346 e. The molecule has 0 spiro atoms. The normalized spacial score (nSPS) is 11.3. The van der Waals surface area contributed by atoms with Crippen LogP contribution in [0.15, 0.2) is 35.1 Å². The van der Waals surface area contributed by atoms with Gasteiger partial charge in [-0.1, -0.05) is 36.4 Å². The number of thiophene rings is 1. The molecule has 0 bridgehead atoms. The molecule has 0 saturated carbocycles. The van der Waals surface area contributed by atoms with Crippen molar-refractivity contribution in [3.05, 3.63) is 62.5 Å². The van der Waals surface area contributed by atoms with E-state index in [-0.39, 0.29) is 10.4 Å². The van der Waals surface area contributed by atoms with Gasteiger partial charge < -0.3 is 10.1 Å². The van der Waals surface area contributed by atoms with E-state index in [1.165, 1.54) is 0 Å². The van der Waals surface area contributed by atoms with Gasteiger partial charge in [0.1, 0.15) is 15.5 Å². The van der Waals surface area contributed by atoms with Crippen molar-refractivity contribution in [3.63, 3.8) is 0 Å². The van der Waals surface area contributed by atoms with E-state index in [0.29, 0.717) is 21.6 Å². The lowest BCUT2D eigenvalue weighted by molar-refractivity contribution is 0.0701. The number of carbonyl (C=O) groups is 1. The lowest BCUT2D eigenvalue weighted by atomic mass is 10.2. The van der Waals surface area contributed by atoms with Gasteiger partial charge in [0.05, 0.1) is 5.39 Å². The van der Waals surface area contributed by atoms with E-state index < -0.39 is 5.97 Å². The summed E-state index contributed by atoms with van der Waals surface area (Å²) in [7, 11) is 0. The molecule has 0 amide bonds. The summed E-state index contributed by atoms with van der Waals surface area (Å²) < 4.78 is 0. The monoisotopic (exact) mass is 312 g/mol. The standard InChI is InChI=1S/C16H12N2O3S/c1-9-12-14(19)17-11(8-7-10-5-3-2-4-6-10)18-15(12)22-13(9)16(20)21/h2-8H,1H3,(H,20,21)(H,17,18,19)/b8-7+. The first kappa shape index (κ1) is 14.2. The van der Waals surface area contributed by atoms with Crippen molar-refractivity contribution in [2.75, 3.05) is 0 Å². The maximum atomic E-state index is 12.2. The molecule has 0 aliphatic rings. The van der Waals surface area contributed by atoms with Gasteiger partial charge >= 0.3 is 5.97 Å². The maximum absolute atomic E-state index is 12.2. The Bertz CT molecular complexity index is 939. The molecule has 0 aliphatic carbocycles. The average molecular weight is 312 g/mol. The Morgan fingerprint density at radius 3 is 2.68 bits per heavy atom. The highest BCUT2D eigenvalue weighted by Gasteiger charge is 2.18. The Morgan fingerprint density at radius 2 is 2.00 bits per heavy atom. The number of hydrogen-bond donors (Lipinski definition) is 2. The predicted octanol–water partition coefficient (Wildman–Crippen LogP) is 3.16. The number of aryl methyl sites for hydroxylation is 1. The van der Waals surface area contributed by atoms with E-state index in [2.05, 4.69) is 9.97 Å². The fraction of sp³-hybridized carbons (Fsp3) is 0.0625. The van der Waals surface area contributed by atoms with Crippen molar-refractivity contribution in [2.45, 2.75) is 6.92 Å². The molecule has 2 heterocycles. The van der Waals surface area contributed by atoms with Crippen LogP contribution in [0.3, 0.4) is 0 Å². The van der Waals surface area contributed by atoms with Gasteiger partial charge in [0, 0.05) is 0 Å². The molecular weight excluding hydrogens is 300 g/mol. The topological polar surface area (TPSA) is 83.0 Å². The summed E-state index contributed by atoms with van der Waals surface area (Å²) in [6.45, 7) is 1.62. The molecule has 0 aliphatic heterocycles. The Hall–Kier alpha value is -2.73. The molecule has 3 aromatic rings. The van der Waals surface area contributed by atoms with E-state index in [1.54, 1.807) is 13.0 Å². The molecule has 110 valence electrons. The highest BCUT2D eigenvalue weighted by Crippen LogP contribution is 2.26. The third kappa shape index (κ3) is 2.56. The molecule has 3 rings (SSSR count). The van der Waals surface area contributed by atoms with Crippen LogP contribution < -0.4 is 5.56 Å². The van der Waals surface area contributed by atoms with Gasteiger partial charge in [-0.25, -0.2) is 9.78 Å². The van der Waals surface area contributed by atoms with Crippen LogP contribution in [0.25, 0.3) is 22.4 Å². The first-order valence-corrected chi connectivity index (χ1v) is 7.38. The molecule has 0 fully saturated rings. The lowest BCUT2D eigenvalue weighted by Crippen LogP contribution is -2.09. The van der Waals surface area contributed by atoms with Gasteiger partial charge in [-0.05, 0) is 24.1 Å². The Kier molecular flexibility index (Phi) is 3.60. The van der Waals surface area contributed by atoms with Crippen molar-refractivity contribution >= 4 is 39.7 Å². The van der Waals surface area contributed by atoms with Crippen LogP contribution >= 0.6 is 11.3 Å². The first-order chi connectivity index (χ1) is 10.6. The van der Waals surface area contributed by atoms with Crippen molar-refractivity contribution in [2.24, 2.45) is 0 Å². The molecule has 5 nitrogen and oxygen atoms in total. The van der Waals surface area contributed by atoms with E-state index in [1.807, 2.05) is 36.4 Å². The molecule has 2 aromatic heterocycles. The van der Waals surface area contributed by atoms with E-state index in [9.17, 15) is 9.59 Å². The van der Waals surface area contributed by atoms with Crippen LogP contribution in [-0.4, -0.2) is 21.0 Å². The number of H-pyrrole nitrogens is 1. The molecule has 2 N–H and O–H groups in total. The van der Waals surface area contributed by atoms with Crippen molar-refractivity contribution < 1.29 is 9.90 Å². The van der Waals surface area contributed by atoms with Crippen LogP contribution in [0.5, 0.6) is 0 Å². The van der Waals surface area contributed by atoms with Crippen molar-refractivity contribution in [3.8, 4) is 0 Å². The van der Waals surface area contributed by atoms with Gasteiger partial charge in [0.15, 0.2) is 0 Å². The Balaban J connectivity index is 2.08. The fourth-order valence-corrected chi connectivity index (χ4v) is 3.21. The van der Waals surface area contributed by atoms with E-state index in [0.717, 1.165) is 16.9 Å². The number of hydrogen-bond acceptors (Lipinski definition) is 4. The van der Waals surface area contributed by atoms with Gasteiger partial charge in [0.2, 0.25) is 0 Å². The number of aromatic amines is 1. The number of rotatable bonds is 3. The first-order valence-electron chi connectivity index (χ1n) is 6.56. The molecule has 0 radical (unpaired) electrons. The number of benzene rings is 1. The molecule has 0 atom stereocenters. The minimum absolute atomic E-state index is 0.150. The van der Waals surface area contributed by atoms with Gasteiger partial charge in [-0.3, -0.25) is 4.79 Å². The SMILES string of the molecule is Cc1c(C(=O)O)sc2nc(/C=C/c3ccccc3)[nH]c(=O)c12. The minimum Gasteiger partial charge on any atom is -0.477 e. The number of nitrogens with zero attached hydrogens (tertiary/aromatic N) is 1. The van der Waals surface area contributed by atoms with Crippen LogP contribution in [0.1, 0.15) is 26.6 Å². The summed E-state index contributed by atoms with van der Waals surface area (Å²) in [6, 6.07) is 9.63. The average Bonchev–Trinajstić information content (AvgIpc) is 2.84. The minimum atomic E-state index is -1.04. The fourth-order valence-electron chi connectivity index (χ4n) is 2.18. The van der Waals surface area contributed by atoms with E-state index >= 15 is 0 Å². The summed E-state index contributed by atoms with van der Waals surface area (Å²) in [5.41, 5.74) is 1.12. The number of carboxylic acid groups (broad SMARTS) is 1. The number of fused-ring (bicyclic) bond motifs is 1. The number of aromatic carboxylic acids is 1. The number of aromatic nitrogens is 2. The quantitative estimate of drug-likeness (QED) is 0.778. The highest BCUT2D eigenvalue weighted by molar-refractivity contribution is 7.20. The predicted molar refractivity (Wildman–Crippen MR) is 87.3 cm³/mol. The molecule has 1 aromatic carbocycles. The number of nitrogens with one attached hydrogen (secondary N) is 1. The zero-order chi connectivity index (χ0) is 15.7. The van der Waals surface area contributed by atoms with Crippen LogP contribution in [-0.2, 0) is 0 Å². The molecule has 0 saturated heterocycles. The van der Waals surface area contributed by atoms with Gasteiger partial charge in [0.25, 0.3) is 5.56 Å². The summed E-state index contributed by atoms with van der Waals surface area (Å²) in [5, 5.41) is 9.48. The Morgan fingerprint density at radius 1 is 1.27 bits per heavy atom. The summed E-state index contributed by atoms with van der Waals surface area (Å²) >= 11 is 1.02. The second kappa shape index (κ2) is 5.57. The molecule has 0 unspecified atom stereocenters. The number of carboxylic acids is 1. The zero-order valence-corrected chi connectivity index (χ0v) is 12.5. The Labute approximate surface area is 129 Å². The van der Waals surface area contributed by atoms with Gasteiger partial charge in [-0.2, -0.15) is 0 Å². The van der Waals surface area contributed by atoms with Crippen LogP contribution in [0.4, 0.5) is 0 Å². The van der Waals surface area contributed by atoms with Crippen molar-refractivity contribution in [1.29, 1.82) is 0 Å². The molecule has 6 heteroatoms. The molecular formula is C16H12N2O3S. The largest absolute Gasteiger partial charge is 0.477 e. The highest BCUT2D eigenvalue weighted by atomic mass is 32.1. The molecule has 22 heavy (non-hydrogen) atoms. The third-order valence-corrected chi connectivity index (χ3v) is 4.42. The van der Waals surface area contributed by atoms with Crippen LogP contribution in [0.2, 0.25) is 0 Å². The van der Waals surface area contributed by atoms with E-state index in [4.69, 9.17) is 5.11 Å². The summed E-state index contributed by atoms with van der Waals surface area (Å²) in [5.74, 6) is -0.638. The zero-order valence-electron chi connectivity index (χ0n) is 11.7. The second-order valence-corrected chi connectivity index (χ2v) is 5.74.